The van der Waals surface area contributed by atoms with Gasteiger partial charge in [-0.05, 0) is 6.42 Å². The number of aliphatic carboxylic acids is 1. The van der Waals surface area contributed by atoms with Gasteiger partial charge in [-0.3, -0.25) is 14.1 Å². The zero-order valence-corrected chi connectivity index (χ0v) is 11.7. The Hall–Kier alpha value is -1.19. The summed E-state index contributed by atoms with van der Waals surface area (Å²) in [5.74, 6) is -2.73. The first-order valence-electron chi connectivity index (χ1n) is 5.63. The van der Waals surface area contributed by atoms with E-state index < -0.39 is 33.7 Å². The number of rotatable bonds is 9. The van der Waals surface area contributed by atoms with Crippen molar-refractivity contribution in [3.05, 3.63) is 0 Å². The third-order valence-corrected chi connectivity index (χ3v) is 3.30. The van der Waals surface area contributed by atoms with E-state index in [4.69, 9.17) is 9.66 Å². The van der Waals surface area contributed by atoms with E-state index in [-0.39, 0.29) is 12.8 Å². The van der Waals surface area contributed by atoms with E-state index in [1.54, 1.807) is 0 Å². The molecular formula is C10H21NO7S. The third kappa shape index (κ3) is 9.40. The summed E-state index contributed by atoms with van der Waals surface area (Å²) < 4.78 is 35.1. The smallest absolute Gasteiger partial charge is 0.327 e. The number of esters is 1. The summed E-state index contributed by atoms with van der Waals surface area (Å²) >= 11 is 0. The van der Waals surface area contributed by atoms with Crippen molar-refractivity contribution in [2.75, 3.05) is 6.61 Å². The topological polar surface area (TPSA) is 153 Å². The minimum absolute atomic E-state index is 0. The SMILES string of the molecule is CCCCCCOC(=O)C(CC(=O)O)S(=O)(=O)O.N. The van der Waals surface area contributed by atoms with Gasteiger partial charge in [0.1, 0.15) is 0 Å². The molecule has 0 aliphatic carbocycles. The highest BCUT2D eigenvalue weighted by Gasteiger charge is 2.34. The van der Waals surface area contributed by atoms with Gasteiger partial charge >= 0.3 is 11.9 Å². The van der Waals surface area contributed by atoms with Crippen LogP contribution in [0.25, 0.3) is 0 Å². The van der Waals surface area contributed by atoms with Gasteiger partial charge in [-0.25, -0.2) is 0 Å². The first-order chi connectivity index (χ1) is 8.29. The number of carboxylic acid groups (broad SMARTS) is 1. The zero-order valence-electron chi connectivity index (χ0n) is 10.9. The first-order valence-corrected chi connectivity index (χ1v) is 7.14. The molecule has 0 aromatic carbocycles. The molecule has 1 unspecified atom stereocenters. The quantitative estimate of drug-likeness (QED) is 0.324. The van der Waals surface area contributed by atoms with Crippen molar-refractivity contribution < 1.29 is 32.4 Å². The minimum Gasteiger partial charge on any atom is -0.481 e. The maximum atomic E-state index is 11.3. The highest BCUT2D eigenvalue weighted by atomic mass is 32.2. The number of hydrogen-bond acceptors (Lipinski definition) is 6. The van der Waals surface area contributed by atoms with E-state index in [0.717, 1.165) is 19.3 Å². The Kier molecular flexibility index (Phi) is 10.3. The molecule has 0 rings (SSSR count). The van der Waals surface area contributed by atoms with Crippen LogP contribution in [-0.4, -0.2) is 41.9 Å². The average Bonchev–Trinajstić information content (AvgIpc) is 2.23. The third-order valence-electron chi connectivity index (χ3n) is 2.22. The van der Waals surface area contributed by atoms with Crippen molar-refractivity contribution in [2.45, 2.75) is 44.3 Å². The van der Waals surface area contributed by atoms with E-state index in [0.29, 0.717) is 6.42 Å². The predicted molar refractivity (Wildman–Crippen MR) is 67.7 cm³/mol. The lowest BCUT2D eigenvalue weighted by Crippen LogP contribution is -2.34. The van der Waals surface area contributed by atoms with Gasteiger partial charge in [-0.15, -0.1) is 0 Å². The van der Waals surface area contributed by atoms with Gasteiger partial charge in [-0.2, -0.15) is 8.42 Å². The van der Waals surface area contributed by atoms with E-state index in [1.165, 1.54) is 0 Å². The Labute approximate surface area is 112 Å². The number of hydrogen-bond donors (Lipinski definition) is 3. The van der Waals surface area contributed by atoms with Crippen LogP contribution < -0.4 is 6.15 Å². The maximum Gasteiger partial charge on any atom is 0.327 e. The van der Waals surface area contributed by atoms with Gasteiger partial charge in [0.25, 0.3) is 10.1 Å². The van der Waals surface area contributed by atoms with Crippen molar-refractivity contribution in [3.8, 4) is 0 Å². The predicted octanol–water partition coefficient (Wildman–Crippen LogP) is 1.00. The molecule has 0 aromatic rings. The summed E-state index contributed by atoms with van der Waals surface area (Å²) in [6, 6.07) is 0. The lowest BCUT2D eigenvalue weighted by Gasteiger charge is -2.11. The minimum atomic E-state index is -4.76. The molecule has 0 bridgehead atoms. The van der Waals surface area contributed by atoms with Crippen molar-refractivity contribution in [1.82, 2.24) is 6.15 Å². The number of carbonyl (C=O) groups excluding carboxylic acids is 1. The van der Waals surface area contributed by atoms with Gasteiger partial charge in [-0.1, -0.05) is 26.2 Å². The highest BCUT2D eigenvalue weighted by molar-refractivity contribution is 7.87. The summed E-state index contributed by atoms with van der Waals surface area (Å²) in [5, 5.41) is 6.40. The van der Waals surface area contributed by atoms with Crippen LogP contribution in [0, 0.1) is 0 Å². The molecule has 0 saturated carbocycles. The first kappa shape index (κ1) is 20.1. The largest absolute Gasteiger partial charge is 0.481 e. The lowest BCUT2D eigenvalue weighted by molar-refractivity contribution is -0.147. The Morgan fingerprint density at radius 1 is 1.21 bits per heavy atom. The number of unbranched alkanes of at least 4 members (excludes halogenated alkanes) is 3. The molecule has 19 heavy (non-hydrogen) atoms. The monoisotopic (exact) mass is 299 g/mol. The van der Waals surface area contributed by atoms with E-state index in [9.17, 15) is 18.0 Å². The number of carbonyl (C=O) groups is 2. The molecule has 0 aliphatic heterocycles. The molecule has 0 radical (unpaired) electrons. The summed E-state index contributed by atoms with van der Waals surface area (Å²) in [5.41, 5.74) is 0. The molecule has 9 heteroatoms. The Morgan fingerprint density at radius 2 is 1.79 bits per heavy atom. The fourth-order valence-corrected chi connectivity index (χ4v) is 1.93. The van der Waals surface area contributed by atoms with E-state index >= 15 is 0 Å². The van der Waals surface area contributed by atoms with Gasteiger partial charge in [0.2, 0.25) is 0 Å². The van der Waals surface area contributed by atoms with Crippen molar-refractivity contribution in [3.63, 3.8) is 0 Å². The Morgan fingerprint density at radius 3 is 2.21 bits per heavy atom. The second-order valence-corrected chi connectivity index (χ2v) is 5.43. The molecule has 0 aromatic heterocycles. The normalized spacial score (nSPS) is 12.3. The van der Waals surface area contributed by atoms with Crippen LogP contribution >= 0.6 is 0 Å². The molecule has 5 N–H and O–H groups in total. The van der Waals surface area contributed by atoms with Crippen LogP contribution in [0.1, 0.15) is 39.0 Å². The second kappa shape index (κ2) is 9.70. The molecule has 0 spiro atoms. The molecule has 0 fully saturated rings. The van der Waals surface area contributed by atoms with Crippen LogP contribution in [0.3, 0.4) is 0 Å². The highest BCUT2D eigenvalue weighted by Crippen LogP contribution is 2.08. The molecule has 0 saturated heterocycles. The van der Waals surface area contributed by atoms with Gasteiger partial charge in [0, 0.05) is 0 Å². The maximum absolute atomic E-state index is 11.3. The molecule has 0 heterocycles. The summed E-state index contributed by atoms with van der Waals surface area (Å²) in [7, 11) is -4.76. The summed E-state index contributed by atoms with van der Waals surface area (Å²) in [6.45, 7) is 2.03. The summed E-state index contributed by atoms with van der Waals surface area (Å²) in [4.78, 5) is 21.7. The van der Waals surface area contributed by atoms with Crippen molar-refractivity contribution in [2.24, 2.45) is 0 Å². The second-order valence-electron chi connectivity index (χ2n) is 3.83. The zero-order chi connectivity index (χ0) is 14.2. The van der Waals surface area contributed by atoms with Crippen molar-refractivity contribution >= 4 is 22.1 Å². The molecule has 0 aliphatic rings. The molecular weight excluding hydrogens is 278 g/mol. The lowest BCUT2D eigenvalue weighted by atomic mass is 10.2. The molecule has 114 valence electrons. The number of carboxylic acids is 1. The van der Waals surface area contributed by atoms with Gasteiger partial charge < -0.3 is 16.0 Å². The Balaban J connectivity index is 0. The summed E-state index contributed by atoms with van der Waals surface area (Å²) in [6.07, 6.45) is 2.37. The standard InChI is InChI=1S/C10H18O7S.H3N/c1-2-3-4-5-6-17-10(13)8(7-9(11)12)18(14,15)16;/h8H,2-7H2,1H3,(H,11,12)(H,14,15,16);1H3. The Bertz CT molecular complexity index is 379. The average molecular weight is 299 g/mol. The van der Waals surface area contributed by atoms with Crippen LogP contribution in [-0.2, 0) is 24.4 Å². The van der Waals surface area contributed by atoms with E-state index in [2.05, 4.69) is 4.74 Å². The van der Waals surface area contributed by atoms with Crippen molar-refractivity contribution in [1.29, 1.82) is 0 Å². The fourth-order valence-electron chi connectivity index (χ4n) is 1.26. The molecule has 0 amide bonds. The van der Waals surface area contributed by atoms with Gasteiger partial charge in [0.05, 0.1) is 13.0 Å². The molecule has 1 atom stereocenters. The van der Waals surface area contributed by atoms with Crippen LogP contribution in [0.5, 0.6) is 0 Å². The van der Waals surface area contributed by atoms with E-state index in [1.807, 2.05) is 6.92 Å². The number of ether oxygens (including phenoxy) is 1. The van der Waals surface area contributed by atoms with Crippen LogP contribution in [0.15, 0.2) is 0 Å². The van der Waals surface area contributed by atoms with Crippen LogP contribution in [0.4, 0.5) is 0 Å². The molecule has 8 nitrogen and oxygen atoms in total. The fraction of sp³-hybridized carbons (Fsp3) is 0.800. The van der Waals surface area contributed by atoms with Gasteiger partial charge in [0.15, 0.2) is 5.25 Å². The van der Waals surface area contributed by atoms with Crippen LogP contribution in [0.2, 0.25) is 0 Å².